The summed E-state index contributed by atoms with van der Waals surface area (Å²) in [6.45, 7) is 0.646. The van der Waals surface area contributed by atoms with Crippen LogP contribution in [0.25, 0.3) is 0 Å². The Hall–Kier alpha value is -2.21. The Balaban J connectivity index is 1.80. The number of thioether (sulfide) groups is 1. The lowest BCUT2D eigenvalue weighted by Gasteiger charge is -2.24. The van der Waals surface area contributed by atoms with E-state index < -0.39 is 0 Å². The highest BCUT2D eigenvalue weighted by Crippen LogP contribution is 2.41. The normalized spacial score (nSPS) is 17.2. The summed E-state index contributed by atoms with van der Waals surface area (Å²) in [5.74, 6) is 2.11. The lowest BCUT2D eigenvalue weighted by atomic mass is 10.1. The van der Waals surface area contributed by atoms with Crippen molar-refractivity contribution in [1.29, 1.82) is 0 Å². The molecule has 1 aliphatic heterocycles. The van der Waals surface area contributed by atoms with E-state index in [9.17, 15) is 4.79 Å². The Kier molecular flexibility index (Phi) is 5.25. The molecule has 1 aromatic heterocycles. The molecule has 0 saturated carbocycles. The molecule has 24 heavy (non-hydrogen) atoms. The predicted octanol–water partition coefficient (Wildman–Crippen LogP) is 2.92. The number of carbonyl (C=O) groups excluding carboxylic acids is 1. The highest BCUT2D eigenvalue weighted by Gasteiger charge is 2.33. The first-order chi connectivity index (χ1) is 11.7. The molecule has 1 fully saturated rings. The SMILES string of the molecule is COc1cc(OC)cc(C2SCC(=O)N2CCc2ccccn2)c1. The van der Waals surface area contributed by atoms with Gasteiger partial charge in [0.05, 0.1) is 20.0 Å². The molecule has 3 rings (SSSR count). The van der Waals surface area contributed by atoms with Crippen LogP contribution in [0.3, 0.4) is 0 Å². The fourth-order valence-electron chi connectivity index (χ4n) is 2.73. The van der Waals surface area contributed by atoms with Gasteiger partial charge in [0.25, 0.3) is 0 Å². The molecular formula is C18H20N2O3S. The quantitative estimate of drug-likeness (QED) is 0.806. The molecule has 2 heterocycles. The number of amides is 1. The molecule has 0 aliphatic carbocycles. The molecule has 0 radical (unpaired) electrons. The monoisotopic (exact) mass is 344 g/mol. The van der Waals surface area contributed by atoms with Crippen LogP contribution < -0.4 is 9.47 Å². The lowest BCUT2D eigenvalue weighted by molar-refractivity contribution is -0.128. The minimum Gasteiger partial charge on any atom is -0.497 e. The zero-order chi connectivity index (χ0) is 16.9. The van der Waals surface area contributed by atoms with Gasteiger partial charge in [-0.25, -0.2) is 0 Å². The van der Waals surface area contributed by atoms with Gasteiger partial charge in [-0.1, -0.05) is 6.07 Å². The first-order valence-electron chi connectivity index (χ1n) is 7.75. The van der Waals surface area contributed by atoms with Gasteiger partial charge in [0.1, 0.15) is 16.9 Å². The highest BCUT2D eigenvalue weighted by molar-refractivity contribution is 8.00. The van der Waals surface area contributed by atoms with E-state index in [-0.39, 0.29) is 11.3 Å². The molecule has 6 heteroatoms. The number of hydrogen-bond donors (Lipinski definition) is 0. The Morgan fingerprint density at radius 2 is 1.96 bits per heavy atom. The average molecular weight is 344 g/mol. The maximum absolute atomic E-state index is 12.3. The number of rotatable bonds is 6. The molecule has 1 aromatic carbocycles. The molecule has 0 bridgehead atoms. The molecule has 2 aromatic rings. The summed E-state index contributed by atoms with van der Waals surface area (Å²) in [4.78, 5) is 18.6. The fraction of sp³-hybridized carbons (Fsp3) is 0.333. The molecule has 1 saturated heterocycles. The van der Waals surface area contributed by atoms with E-state index in [2.05, 4.69) is 4.98 Å². The Morgan fingerprint density at radius 1 is 1.21 bits per heavy atom. The number of ether oxygens (including phenoxy) is 2. The van der Waals surface area contributed by atoms with Crippen LogP contribution in [0.5, 0.6) is 11.5 Å². The zero-order valence-corrected chi connectivity index (χ0v) is 14.6. The van der Waals surface area contributed by atoms with Gasteiger partial charge in [-0.2, -0.15) is 0 Å². The van der Waals surface area contributed by atoms with Gasteiger partial charge in [0, 0.05) is 30.9 Å². The molecule has 126 valence electrons. The van der Waals surface area contributed by atoms with E-state index in [4.69, 9.17) is 9.47 Å². The summed E-state index contributed by atoms with van der Waals surface area (Å²) in [5.41, 5.74) is 2.01. The third kappa shape index (κ3) is 3.64. The molecule has 1 unspecified atom stereocenters. The Morgan fingerprint density at radius 3 is 2.58 bits per heavy atom. The van der Waals surface area contributed by atoms with E-state index in [1.54, 1.807) is 32.2 Å². The standard InChI is InChI=1S/C18H20N2O3S/c1-22-15-9-13(10-16(11-15)23-2)18-20(17(21)12-24-18)8-6-14-5-3-4-7-19-14/h3-5,7,9-11,18H,6,8,12H2,1-2H3. The maximum atomic E-state index is 12.3. The van der Waals surface area contributed by atoms with Crippen LogP contribution in [0.4, 0.5) is 0 Å². The van der Waals surface area contributed by atoms with Crippen molar-refractivity contribution in [2.75, 3.05) is 26.5 Å². The third-order valence-electron chi connectivity index (χ3n) is 3.96. The summed E-state index contributed by atoms with van der Waals surface area (Å²) >= 11 is 1.63. The summed E-state index contributed by atoms with van der Waals surface area (Å²) in [6.07, 6.45) is 2.52. The van der Waals surface area contributed by atoms with Gasteiger partial charge >= 0.3 is 0 Å². The van der Waals surface area contributed by atoms with Gasteiger partial charge < -0.3 is 14.4 Å². The van der Waals surface area contributed by atoms with Gasteiger partial charge in [0.2, 0.25) is 5.91 Å². The second-order valence-corrected chi connectivity index (χ2v) is 6.54. The van der Waals surface area contributed by atoms with Crippen molar-refractivity contribution < 1.29 is 14.3 Å². The number of methoxy groups -OCH3 is 2. The Bertz CT molecular complexity index is 686. The van der Waals surface area contributed by atoms with E-state index in [1.807, 2.05) is 41.3 Å². The summed E-state index contributed by atoms with van der Waals surface area (Å²) in [7, 11) is 3.26. The van der Waals surface area contributed by atoms with Crippen LogP contribution in [-0.4, -0.2) is 42.3 Å². The van der Waals surface area contributed by atoms with Crippen molar-refractivity contribution in [3.8, 4) is 11.5 Å². The lowest BCUT2D eigenvalue weighted by Crippen LogP contribution is -2.30. The van der Waals surface area contributed by atoms with Gasteiger partial charge in [-0.15, -0.1) is 11.8 Å². The predicted molar refractivity (Wildman–Crippen MR) is 94.4 cm³/mol. The van der Waals surface area contributed by atoms with Crippen molar-refractivity contribution in [3.05, 3.63) is 53.9 Å². The summed E-state index contributed by atoms with van der Waals surface area (Å²) in [6, 6.07) is 11.6. The smallest absolute Gasteiger partial charge is 0.233 e. The van der Waals surface area contributed by atoms with Gasteiger partial charge in [-0.3, -0.25) is 9.78 Å². The molecule has 0 N–H and O–H groups in total. The Labute approximate surface area is 146 Å². The topological polar surface area (TPSA) is 51.7 Å². The van der Waals surface area contributed by atoms with E-state index in [0.29, 0.717) is 12.3 Å². The van der Waals surface area contributed by atoms with Crippen LogP contribution in [0.1, 0.15) is 16.6 Å². The molecule has 5 nitrogen and oxygen atoms in total. The van der Waals surface area contributed by atoms with E-state index in [0.717, 1.165) is 29.2 Å². The second kappa shape index (κ2) is 7.57. The van der Waals surface area contributed by atoms with Crippen molar-refractivity contribution in [2.45, 2.75) is 11.8 Å². The second-order valence-electron chi connectivity index (χ2n) is 5.47. The van der Waals surface area contributed by atoms with Crippen LogP contribution in [0.2, 0.25) is 0 Å². The molecule has 1 amide bonds. The van der Waals surface area contributed by atoms with Crippen molar-refractivity contribution in [2.24, 2.45) is 0 Å². The van der Waals surface area contributed by atoms with Crippen molar-refractivity contribution in [1.82, 2.24) is 9.88 Å². The zero-order valence-electron chi connectivity index (χ0n) is 13.8. The minimum atomic E-state index is -0.0230. The van der Waals surface area contributed by atoms with Gasteiger partial charge in [-0.05, 0) is 29.8 Å². The van der Waals surface area contributed by atoms with E-state index >= 15 is 0 Å². The highest BCUT2D eigenvalue weighted by atomic mass is 32.2. The first-order valence-corrected chi connectivity index (χ1v) is 8.80. The number of hydrogen-bond acceptors (Lipinski definition) is 5. The average Bonchev–Trinajstić information content (AvgIpc) is 3.01. The van der Waals surface area contributed by atoms with E-state index in [1.165, 1.54) is 0 Å². The first kappa shape index (κ1) is 16.6. The number of aromatic nitrogens is 1. The minimum absolute atomic E-state index is 0.0230. The van der Waals surface area contributed by atoms with Crippen molar-refractivity contribution in [3.63, 3.8) is 0 Å². The van der Waals surface area contributed by atoms with Crippen LogP contribution in [-0.2, 0) is 11.2 Å². The van der Waals surface area contributed by atoms with Crippen LogP contribution in [0, 0.1) is 0 Å². The fourth-order valence-corrected chi connectivity index (χ4v) is 3.92. The summed E-state index contributed by atoms with van der Waals surface area (Å²) in [5, 5.41) is -0.0230. The molecular weight excluding hydrogens is 324 g/mol. The van der Waals surface area contributed by atoms with Crippen LogP contribution >= 0.6 is 11.8 Å². The molecule has 1 atom stereocenters. The number of nitrogens with zero attached hydrogens (tertiary/aromatic N) is 2. The van der Waals surface area contributed by atoms with Gasteiger partial charge in [0.15, 0.2) is 0 Å². The van der Waals surface area contributed by atoms with Crippen LogP contribution in [0.15, 0.2) is 42.6 Å². The molecule has 1 aliphatic rings. The number of pyridine rings is 1. The number of carbonyl (C=O) groups is 1. The third-order valence-corrected chi connectivity index (χ3v) is 5.22. The molecule has 0 spiro atoms. The maximum Gasteiger partial charge on any atom is 0.233 e. The summed E-state index contributed by atoms with van der Waals surface area (Å²) < 4.78 is 10.7. The number of benzene rings is 1. The van der Waals surface area contributed by atoms with Crippen molar-refractivity contribution >= 4 is 17.7 Å². The largest absolute Gasteiger partial charge is 0.497 e.